The molecule has 1 N–H and O–H groups in total. The van der Waals surface area contributed by atoms with Crippen LogP contribution in [0.1, 0.15) is 46.6 Å². The Hall–Kier alpha value is -2.87. The molecule has 144 valence electrons. The molecule has 0 aromatic carbocycles. The molecule has 28 heavy (non-hydrogen) atoms. The average Bonchev–Trinajstić information content (AvgIpc) is 3.18. The van der Waals surface area contributed by atoms with Gasteiger partial charge in [0.15, 0.2) is 10.8 Å². The van der Waals surface area contributed by atoms with Crippen molar-refractivity contribution in [2.75, 3.05) is 13.1 Å². The Kier molecular flexibility index (Phi) is 5.29. The predicted molar refractivity (Wildman–Crippen MR) is 107 cm³/mol. The number of aromatic nitrogens is 4. The zero-order valence-corrected chi connectivity index (χ0v) is 16.4. The van der Waals surface area contributed by atoms with Gasteiger partial charge in [0.05, 0.1) is 5.69 Å². The number of hydrogen-bond acceptors (Lipinski definition) is 6. The van der Waals surface area contributed by atoms with Crippen LogP contribution in [0.5, 0.6) is 0 Å². The molecule has 1 aliphatic heterocycles. The zero-order chi connectivity index (χ0) is 19.5. The molecule has 0 aliphatic carbocycles. The molecule has 8 heteroatoms. The van der Waals surface area contributed by atoms with Gasteiger partial charge in [-0.1, -0.05) is 6.92 Å². The molecule has 0 radical (unpaired) electrons. The Morgan fingerprint density at radius 1 is 1.29 bits per heavy atom. The van der Waals surface area contributed by atoms with Gasteiger partial charge >= 0.3 is 0 Å². The van der Waals surface area contributed by atoms with Crippen molar-refractivity contribution in [1.82, 2.24) is 24.8 Å². The van der Waals surface area contributed by atoms with E-state index in [0.717, 1.165) is 24.1 Å². The van der Waals surface area contributed by atoms with Gasteiger partial charge in [-0.05, 0) is 42.9 Å². The van der Waals surface area contributed by atoms with Crippen LogP contribution in [0, 0.1) is 0 Å². The second-order valence-electron chi connectivity index (χ2n) is 6.77. The molecule has 0 spiro atoms. The standard InChI is InChI=1S/C20H21N5O2S/c1-2-15-17(28-19(24-15)18-22-7-3-8-23-18)20(27)25-10-5-13(6-11-25)14-4-9-21-16(26)12-14/h3-4,7-9,12-13H,2,5-6,10-11H2,1H3,(H,21,26). The minimum absolute atomic E-state index is 0.0286. The van der Waals surface area contributed by atoms with E-state index in [1.165, 1.54) is 11.3 Å². The second-order valence-corrected chi connectivity index (χ2v) is 7.77. The van der Waals surface area contributed by atoms with Gasteiger partial charge in [0, 0.05) is 37.7 Å². The highest BCUT2D eigenvalue weighted by Crippen LogP contribution is 2.31. The van der Waals surface area contributed by atoms with Crippen molar-refractivity contribution in [3.05, 3.63) is 63.3 Å². The number of nitrogens with zero attached hydrogens (tertiary/aromatic N) is 4. The van der Waals surface area contributed by atoms with Crippen LogP contribution in [0.15, 0.2) is 41.6 Å². The van der Waals surface area contributed by atoms with Crippen LogP contribution in [0.4, 0.5) is 0 Å². The Labute approximate surface area is 166 Å². The van der Waals surface area contributed by atoms with Crippen LogP contribution in [0.3, 0.4) is 0 Å². The van der Waals surface area contributed by atoms with Gasteiger partial charge < -0.3 is 9.88 Å². The monoisotopic (exact) mass is 395 g/mol. The fourth-order valence-corrected chi connectivity index (χ4v) is 4.61. The first-order chi connectivity index (χ1) is 13.7. The number of carbonyl (C=O) groups is 1. The summed E-state index contributed by atoms with van der Waals surface area (Å²) in [6.07, 6.45) is 7.43. The molecule has 1 saturated heterocycles. The first-order valence-corrected chi connectivity index (χ1v) is 10.2. The van der Waals surface area contributed by atoms with Crippen LogP contribution in [-0.4, -0.2) is 43.8 Å². The number of H-pyrrole nitrogens is 1. The molecule has 0 unspecified atom stereocenters. The van der Waals surface area contributed by atoms with Crippen LogP contribution in [0.25, 0.3) is 10.8 Å². The summed E-state index contributed by atoms with van der Waals surface area (Å²) in [5.41, 5.74) is 1.77. The predicted octanol–water partition coefficient (Wildman–Crippen LogP) is 2.87. The van der Waals surface area contributed by atoms with Crippen molar-refractivity contribution in [1.29, 1.82) is 0 Å². The van der Waals surface area contributed by atoms with Gasteiger partial charge in [0.2, 0.25) is 5.56 Å². The van der Waals surface area contributed by atoms with Crippen molar-refractivity contribution in [3.8, 4) is 10.8 Å². The summed E-state index contributed by atoms with van der Waals surface area (Å²) in [5.74, 6) is 0.891. The summed E-state index contributed by atoms with van der Waals surface area (Å²) >= 11 is 1.37. The lowest BCUT2D eigenvalue weighted by Crippen LogP contribution is -2.38. The summed E-state index contributed by atoms with van der Waals surface area (Å²) in [6.45, 7) is 3.35. The fourth-order valence-electron chi connectivity index (χ4n) is 3.54. The van der Waals surface area contributed by atoms with Crippen LogP contribution < -0.4 is 5.56 Å². The Morgan fingerprint density at radius 3 is 2.71 bits per heavy atom. The van der Waals surface area contributed by atoms with E-state index in [9.17, 15) is 9.59 Å². The summed E-state index contributed by atoms with van der Waals surface area (Å²) < 4.78 is 0. The van der Waals surface area contributed by atoms with E-state index >= 15 is 0 Å². The third-order valence-electron chi connectivity index (χ3n) is 5.04. The van der Waals surface area contributed by atoms with E-state index < -0.39 is 0 Å². The molecule has 4 heterocycles. The van der Waals surface area contributed by atoms with Gasteiger partial charge in [-0.15, -0.1) is 11.3 Å². The number of rotatable bonds is 4. The van der Waals surface area contributed by atoms with Crippen LogP contribution in [-0.2, 0) is 6.42 Å². The molecule has 0 atom stereocenters. The normalized spacial score (nSPS) is 15.0. The number of amides is 1. The zero-order valence-electron chi connectivity index (χ0n) is 15.6. The molecular weight excluding hydrogens is 374 g/mol. The van der Waals surface area contributed by atoms with E-state index in [-0.39, 0.29) is 11.5 Å². The average molecular weight is 395 g/mol. The van der Waals surface area contributed by atoms with Crippen LogP contribution in [0.2, 0.25) is 0 Å². The molecule has 4 rings (SSSR count). The minimum Gasteiger partial charge on any atom is -0.338 e. The molecule has 1 amide bonds. The third kappa shape index (κ3) is 3.73. The molecule has 0 bridgehead atoms. The molecular formula is C20H21N5O2S. The summed E-state index contributed by atoms with van der Waals surface area (Å²) in [6, 6.07) is 5.37. The number of aryl methyl sites for hydroxylation is 1. The van der Waals surface area contributed by atoms with E-state index in [0.29, 0.717) is 41.1 Å². The first kappa shape index (κ1) is 18.5. The number of piperidine rings is 1. The van der Waals surface area contributed by atoms with Crippen molar-refractivity contribution in [3.63, 3.8) is 0 Å². The van der Waals surface area contributed by atoms with Gasteiger partial charge in [0.1, 0.15) is 4.88 Å². The first-order valence-electron chi connectivity index (χ1n) is 9.40. The topological polar surface area (TPSA) is 91.8 Å². The van der Waals surface area contributed by atoms with Crippen molar-refractivity contribution in [2.24, 2.45) is 0 Å². The quantitative estimate of drug-likeness (QED) is 0.733. The molecule has 1 aliphatic rings. The van der Waals surface area contributed by atoms with Crippen molar-refractivity contribution >= 4 is 17.2 Å². The minimum atomic E-state index is -0.0797. The lowest BCUT2D eigenvalue weighted by molar-refractivity contribution is 0.0716. The molecule has 3 aromatic heterocycles. The number of hydrogen-bond donors (Lipinski definition) is 1. The highest BCUT2D eigenvalue weighted by molar-refractivity contribution is 7.17. The lowest BCUT2D eigenvalue weighted by Gasteiger charge is -2.32. The van der Waals surface area contributed by atoms with E-state index in [2.05, 4.69) is 19.9 Å². The highest BCUT2D eigenvalue weighted by atomic mass is 32.1. The second kappa shape index (κ2) is 8.02. The van der Waals surface area contributed by atoms with E-state index in [4.69, 9.17) is 0 Å². The maximum Gasteiger partial charge on any atom is 0.265 e. The number of pyridine rings is 1. The molecule has 1 fully saturated rings. The van der Waals surface area contributed by atoms with E-state index in [1.807, 2.05) is 17.9 Å². The number of aromatic amines is 1. The molecule has 0 saturated carbocycles. The third-order valence-corrected chi connectivity index (χ3v) is 6.12. The Bertz CT molecular complexity index is 1020. The maximum absolute atomic E-state index is 13.1. The smallest absolute Gasteiger partial charge is 0.265 e. The maximum atomic E-state index is 13.1. The SMILES string of the molecule is CCc1nc(-c2ncccn2)sc1C(=O)N1CCC(c2cc[nH]c(=O)c2)CC1. The Morgan fingerprint density at radius 2 is 2.04 bits per heavy atom. The number of likely N-dealkylation sites (tertiary alicyclic amines) is 1. The van der Waals surface area contributed by atoms with Gasteiger partial charge in [-0.25, -0.2) is 15.0 Å². The van der Waals surface area contributed by atoms with Crippen molar-refractivity contribution < 1.29 is 4.79 Å². The summed E-state index contributed by atoms with van der Waals surface area (Å²) in [5, 5.41) is 0.680. The van der Waals surface area contributed by atoms with E-state index in [1.54, 1.807) is 30.7 Å². The van der Waals surface area contributed by atoms with Crippen LogP contribution >= 0.6 is 11.3 Å². The largest absolute Gasteiger partial charge is 0.338 e. The lowest BCUT2D eigenvalue weighted by atomic mass is 9.90. The summed E-state index contributed by atoms with van der Waals surface area (Å²) in [7, 11) is 0. The Balaban J connectivity index is 1.50. The molecule has 7 nitrogen and oxygen atoms in total. The summed E-state index contributed by atoms with van der Waals surface area (Å²) in [4.78, 5) is 43.0. The fraction of sp³-hybridized carbons (Fsp3) is 0.350. The highest BCUT2D eigenvalue weighted by Gasteiger charge is 2.28. The number of carbonyl (C=O) groups excluding carboxylic acids is 1. The number of nitrogens with one attached hydrogen (secondary N) is 1. The molecule has 3 aromatic rings. The van der Waals surface area contributed by atoms with Gasteiger partial charge in [-0.2, -0.15) is 0 Å². The van der Waals surface area contributed by atoms with Gasteiger partial charge in [0.25, 0.3) is 5.91 Å². The van der Waals surface area contributed by atoms with Crippen molar-refractivity contribution in [2.45, 2.75) is 32.1 Å². The number of thiazole rings is 1. The van der Waals surface area contributed by atoms with Gasteiger partial charge in [-0.3, -0.25) is 9.59 Å².